The maximum absolute atomic E-state index is 10.6. The van der Waals surface area contributed by atoms with Crippen LogP contribution < -0.4 is 5.32 Å². The van der Waals surface area contributed by atoms with Gasteiger partial charge in [-0.15, -0.1) is 0 Å². The van der Waals surface area contributed by atoms with E-state index in [9.17, 15) is 10.1 Å². The van der Waals surface area contributed by atoms with E-state index in [4.69, 9.17) is 0 Å². The van der Waals surface area contributed by atoms with Crippen LogP contribution in [0.2, 0.25) is 0 Å². The van der Waals surface area contributed by atoms with Gasteiger partial charge in [0.1, 0.15) is 0 Å². The van der Waals surface area contributed by atoms with Crippen molar-refractivity contribution in [3.8, 4) is 5.69 Å². The number of nitrogens with one attached hydrogen (secondary N) is 1. The fraction of sp³-hybridized carbons (Fsp3) is 0.167. The van der Waals surface area contributed by atoms with Gasteiger partial charge in [0.25, 0.3) is 5.69 Å². The Balaban J connectivity index is 2.33. The molecule has 1 aromatic carbocycles. The summed E-state index contributed by atoms with van der Waals surface area (Å²) in [5, 5.41) is 13.6. The van der Waals surface area contributed by atoms with Gasteiger partial charge < -0.3 is 9.88 Å². The van der Waals surface area contributed by atoms with E-state index in [1.807, 2.05) is 29.9 Å². The van der Waals surface area contributed by atoms with Crippen molar-refractivity contribution in [2.24, 2.45) is 0 Å². The molecule has 0 fully saturated rings. The number of aromatic nitrogens is 1. The lowest BCUT2D eigenvalue weighted by molar-refractivity contribution is -0.384. The summed E-state index contributed by atoms with van der Waals surface area (Å²) < 4.78 is 2.00. The Bertz CT molecular complexity index is 517. The lowest BCUT2D eigenvalue weighted by Crippen LogP contribution is -2.09. The molecule has 1 N–H and O–H groups in total. The summed E-state index contributed by atoms with van der Waals surface area (Å²) in [7, 11) is 1.88. The van der Waals surface area contributed by atoms with E-state index in [-0.39, 0.29) is 5.69 Å². The topological polar surface area (TPSA) is 60.1 Å². The van der Waals surface area contributed by atoms with Crippen LogP contribution >= 0.6 is 0 Å². The number of nitro groups is 1. The normalized spacial score (nSPS) is 10.4. The van der Waals surface area contributed by atoms with Crippen LogP contribution in [0.15, 0.2) is 42.6 Å². The molecule has 0 aliphatic heterocycles. The summed E-state index contributed by atoms with van der Waals surface area (Å²) in [4.78, 5) is 10.2. The van der Waals surface area contributed by atoms with E-state index < -0.39 is 4.92 Å². The van der Waals surface area contributed by atoms with Crippen LogP contribution in [0.1, 0.15) is 5.69 Å². The predicted octanol–water partition coefficient (Wildman–Crippen LogP) is 2.10. The molecular formula is C12H13N3O2. The van der Waals surface area contributed by atoms with Gasteiger partial charge in [-0.25, -0.2) is 0 Å². The van der Waals surface area contributed by atoms with Gasteiger partial charge in [0.15, 0.2) is 0 Å². The van der Waals surface area contributed by atoms with Gasteiger partial charge in [0, 0.05) is 36.3 Å². The molecule has 5 heteroatoms. The van der Waals surface area contributed by atoms with E-state index in [2.05, 4.69) is 5.32 Å². The Morgan fingerprint density at radius 1 is 1.29 bits per heavy atom. The highest BCUT2D eigenvalue weighted by atomic mass is 16.6. The number of nitrogens with zero attached hydrogens (tertiary/aromatic N) is 2. The standard InChI is InChI=1S/C12H13N3O2/c1-13-9-12-3-2-8-14(12)10-4-6-11(7-5-10)15(16)17/h2-8,13H,9H2,1H3. The molecular weight excluding hydrogens is 218 g/mol. The minimum absolute atomic E-state index is 0.107. The monoisotopic (exact) mass is 231 g/mol. The van der Waals surface area contributed by atoms with Crippen LogP contribution in [-0.4, -0.2) is 16.5 Å². The predicted molar refractivity (Wildman–Crippen MR) is 65.2 cm³/mol. The highest BCUT2D eigenvalue weighted by Gasteiger charge is 2.06. The van der Waals surface area contributed by atoms with Crippen molar-refractivity contribution < 1.29 is 4.92 Å². The third kappa shape index (κ3) is 2.34. The second kappa shape index (κ2) is 4.80. The SMILES string of the molecule is CNCc1cccn1-c1ccc([N+](=O)[O-])cc1. The molecule has 1 heterocycles. The Hall–Kier alpha value is -2.14. The largest absolute Gasteiger partial charge is 0.320 e. The first-order valence-electron chi connectivity index (χ1n) is 5.28. The summed E-state index contributed by atoms with van der Waals surface area (Å²) in [5.41, 5.74) is 2.14. The van der Waals surface area contributed by atoms with Gasteiger partial charge in [-0.3, -0.25) is 10.1 Å². The minimum atomic E-state index is -0.395. The molecule has 0 saturated heterocycles. The van der Waals surface area contributed by atoms with E-state index in [0.29, 0.717) is 0 Å². The molecule has 0 unspecified atom stereocenters. The minimum Gasteiger partial charge on any atom is -0.320 e. The molecule has 0 spiro atoms. The number of nitro benzene ring substituents is 1. The Morgan fingerprint density at radius 2 is 2.00 bits per heavy atom. The molecule has 17 heavy (non-hydrogen) atoms. The van der Waals surface area contributed by atoms with Crippen molar-refractivity contribution in [2.45, 2.75) is 6.54 Å². The summed E-state index contributed by atoms with van der Waals surface area (Å²) in [6.45, 7) is 0.754. The first-order valence-corrected chi connectivity index (χ1v) is 5.28. The number of rotatable bonds is 4. The molecule has 0 atom stereocenters. The maximum Gasteiger partial charge on any atom is 0.269 e. The Kier molecular flexibility index (Phi) is 3.20. The molecule has 0 saturated carbocycles. The highest BCUT2D eigenvalue weighted by Crippen LogP contribution is 2.17. The zero-order chi connectivity index (χ0) is 12.3. The van der Waals surface area contributed by atoms with Gasteiger partial charge in [-0.2, -0.15) is 0 Å². The molecule has 1 aromatic heterocycles. The van der Waals surface area contributed by atoms with E-state index >= 15 is 0 Å². The van der Waals surface area contributed by atoms with Gasteiger partial charge >= 0.3 is 0 Å². The van der Waals surface area contributed by atoms with Crippen LogP contribution in [0.5, 0.6) is 0 Å². The third-order valence-corrected chi connectivity index (χ3v) is 2.53. The summed E-state index contributed by atoms with van der Waals surface area (Å²) in [6, 6.07) is 10.5. The third-order valence-electron chi connectivity index (χ3n) is 2.53. The number of benzene rings is 1. The van der Waals surface area contributed by atoms with Crippen molar-refractivity contribution in [1.82, 2.24) is 9.88 Å². The molecule has 2 aromatic rings. The fourth-order valence-corrected chi connectivity index (χ4v) is 1.73. The lowest BCUT2D eigenvalue weighted by atomic mass is 10.2. The first kappa shape index (κ1) is 11.3. The van der Waals surface area contributed by atoms with Crippen molar-refractivity contribution in [2.75, 3.05) is 7.05 Å². The quantitative estimate of drug-likeness (QED) is 0.647. The van der Waals surface area contributed by atoms with Gasteiger partial charge in [0.05, 0.1) is 4.92 Å². The molecule has 2 rings (SSSR count). The van der Waals surface area contributed by atoms with Crippen molar-refractivity contribution in [3.05, 3.63) is 58.4 Å². The second-order valence-corrected chi connectivity index (χ2v) is 3.67. The van der Waals surface area contributed by atoms with Crippen molar-refractivity contribution in [1.29, 1.82) is 0 Å². The number of hydrogen-bond donors (Lipinski definition) is 1. The zero-order valence-corrected chi connectivity index (χ0v) is 9.46. The molecule has 0 bridgehead atoms. The van der Waals surface area contributed by atoms with Gasteiger partial charge in [-0.1, -0.05) is 0 Å². The van der Waals surface area contributed by atoms with Crippen LogP contribution in [0.3, 0.4) is 0 Å². The van der Waals surface area contributed by atoms with Crippen LogP contribution in [0, 0.1) is 10.1 Å². The van der Waals surface area contributed by atoms with Crippen molar-refractivity contribution in [3.63, 3.8) is 0 Å². The van der Waals surface area contributed by atoms with Crippen LogP contribution in [0.25, 0.3) is 5.69 Å². The molecule has 0 aliphatic carbocycles. The zero-order valence-electron chi connectivity index (χ0n) is 9.46. The summed E-state index contributed by atoms with van der Waals surface area (Å²) >= 11 is 0. The first-order chi connectivity index (χ1) is 8.22. The van der Waals surface area contributed by atoms with E-state index in [1.54, 1.807) is 12.1 Å². The number of non-ortho nitro benzene ring substituents is 1. The highest BCUT2D eigenvalue weighted by molar-refractivity contribution is 5.42. The molecule has 0 aliphatic rings. The van der Waals surface area contributed by atoms with Crippen molar-refractivity contribution >= 4 is 5.69 Å². The average Bonchev–Trinajstić information content (AvgIpc) is 2.78. The fourth-order valence-electron chi connectivity index (χ4n) is 1.73. The van der Waals surface area contributed by atoms with E-state index in [0.717, 1.165) is 17.9 Å². The van der Waals surface area contributed by atoms with Crippen LogP contribution in [-0.2, 0) is 6.54 Å². The summed E-state index contributed by atoms with van der Waals surface area (Å²) in [5.74, 6) is 0. The van der Waals surface area contributed by atoms with Crippen LogP contribution in [0.4, 0.5) is 5.69 Å². The summed E-state index contributed by atoms with van der Waals surface area (Å²) in [6.07, 6.45) is 1.94. The second-order valence-electron chi connectivity index (χ2n) is 3.67. The lowest BCUT2D eigenvalue weighted by Gasteiger charge is -2.08. The smallest absolute Gasteiger partial charge is 0.269 e. The molecule has 0 radical (unpaired) electrons. The number of hydrogen-bond acceptors (Lipinski definition) is 3. The maximum atomic E-state index is 10.6. The van der Waals surface area contributed by atoms with Gasteiger partial charge in [-0.05, 0) is 31.3 Å². The molecule has 0 amide bonds. The molecule has 88 valence electrons. The Morgan fingerprint density at radius 3 is 2.59 bits per heavy atom. The average molecular weight is 231 g/mol. The van der Waals surface area contributed by atoms with Gasteiger partial charge in [0.2, 0.25) is 0 Å². The Labute approximate surface area is 98.8 Å². The van der Waals surface area contributed by atoms with E-state index in [1.165, 1.54) is 12.1 Å². The molecule has 5 nitrogen and oxygen atoms in total.